The first kappa shape index (κ1) is 29.9. The normalized spacial score (nSPS) is 11.2. The molecule has 222 valence electrons. The van der Waals surface area contributed by atoms with Crippen LogP contribution in [0.15, 0.2) is 88.4 Å². The number of aromatic nitrogens is 4. The highest BCUT2D eigenvalue weighted by Gasteiger charge is 2.15. The number of amides is 2. The maximum Gasteiger partial charge on any atom is 0.234 e. The predicted octanol–water partition coefficient (Wildman–Crippen LogP) is 7.25. The van der Waals surface area contributed by atoms with Crippen LogP contribution in [0.3, 0.4) is 0 Å². The second-order valence-electron chi connectivity index (χ2n) is 10.4. The summed E-state index contributed by atoms with van der Waals surface area (Å²) >= 11 is 4.26. The summed E-state index contributed by atoms with van der Waals surface area (Å²) in [6.07, 6.45) is 0.657. The number of para-hydroxylation sites is 1. The molecule has 2 aromatic heterocycles. The van der Waals surface area contributed by atoms with Crippen molar-refractivity contribution in [2.45, 2.75) is 29.8 Å². The third-order valence-corrected chi connectivity index (χ3v) is 10.4. The Bertz CT molecular complexity index is 1980. The van der Waals surface area contributed by atoms with Gasteiger partial charge >= 0.3 is 0 Å². The van der Waals surface area contributed by atoms with E-state index in [9.17, 15) is 9.59 Å². The molecule has 2 heterocycles. The summed E-state index contributed by atoms with van der Waals surface area (Å²) in [5, 5.41) is 17.8. The van der Waals surface area contributed by atoms with Crippen LogP contribution in [0.25, 0.3) is 21.0 Å². The molecule has 0 radical (unpaired) electrons. The van der Waals surface area contributed by atoms with E-state index >= 15 is 0 Å². The number of thiazole rings is 1. The van der Waals surface area contributed by atoms with Gasteiger partial charge in [-0.15, -0.1) is 21.5 Å². The molecule has 0 aliphatic rings. The van der Waals surface area contributed by atoms with Gasteiger partial charge in [0.25, 0.3) is 0 Å². The molecule has 0 unspecified atom stereocenters. The number of nitrogens with one attached hydrogen (secondary N) is 2. The van der Waals surface area contributed by atoms with Gasteiger partial charge in [0.05, 0.1) is 21.7 Å². The Morgan fingerprint density at radius 1 is 0.841 bits per heavy atom. The van der Waals surface area contributed by atoms with Crippen LogP contribution in [0.2, 0.25) is 0 Å². The van der Waals surface area contributed by atoms with Gasteiger partial charge in [0.2, 0.25) is 11.8 Å². The third kappa shape index (κ3) is 6.80. The molecule has 4 aromatic carbocycles. The summed E-state index contributed by atoms with van der Waals surface area (Å²) in [7, 11) is 1.93. The predicted molar refractivity (Wildman–Crippen MR) is 182 cm³/mol. The number of benzene rings is 4. The molecule has 8 nitrogen and oxygen atoms in total. The largest absolute Gasteiger partial charge is 0.325 e. The van der Waals surface area contributed by atoms with Crippen LogP contribution in [0, 0.1) is 13.8 Å². The summed E-state index contributed by atoms with van der Waals surface area (Å²) in [6, 6.07) is 26.2. The van der Waals surface area contributed by atoms with E-state index in [1.54, 1.807) is 0 Å². The standard InChI is InChI=1S/C33H30N6O2S3/c1-20-8-6-9-21(2)31(20)36-30(41)19-43-33-35-26-15-14-24(17-27(26)44-33)34-29(40)18-42-32-38-37-28(39(32)3)16-23-12-7-11-22-10-4-5-13-25(22)23/h4-15,17H,16,18-19H2,1-3H3,(H,34,40)(H,36,41). The number of hydrogen-bond donors (Lipinski definition) is 2. The fourth-order valence-electron chi connectivity index (χ4n) is 4.93. The van der Waals surface area contributed by atoms with Crippen molar-refractivity contribution in [1.82, 2.24) is 19.7 Å². The van der Waals surface area contributed by atoms with Gasteiger partial charge in [-0.05, 0) is 59.5 Å². The van der Waals surface area contributed by atoms with Crippen molar-refractivity contribution in [3.63, 3.8) is 0 Å². The number of anilines is 2. The van der Waals surface area contributed by atoms with E-state index in [1.807, 2.05) is 74.0 Å². The third-order valence-electron chi connectivity index (χ3n) is 7.21. The molecule has 0 fully saturated rings. The van der Waals surface area contributed by atoms with Crippen LogP contribution in [0.4, 0.5) is 11.4 Å². The number of rotatable bonds is 10. The molecule has 0 saturated heterocycles. The van der Waals surface area contributed by atoms with Crippen LogP contribution in [-0.2, 0) is 23.1 Å². The molecular weight excluding hydrogens is 609 g/mol. The average molecular weight is 639 g/mol. The average Bonchev–Trinajstić information content (AvgIpc) is 3.59. The first-order valence-corrected chi connectivity index (χ1v) is 16.8. The van der Waals surface area contributed by atoms with Crippen molar-refractivity contribution in [3.05, 3.63) is 101 Å². The second-order valence-corrected chi connectivity index (χ2v) is 13.6. The summed E-state index contributed by atoms with van der Waals surface area (Å²) in [5.41, 5.74) is 5.66. The number of carbonyl (C=O) groups is 2. The zero-order valence-corrected chi connectivity index (χ0v) is 26.9. The Labute approximate surface area is 267 Å². The van der Waals surface area contributed by atoms with E-state index < -0.39 is 0 Å². The number of fused-ring (bicyclic) bond motifs is 2. The van der Waals surface area contributed by atoms with Crippen LogP contribution in [-0.4, -0.2) is 43.1 Å². The SMILES string of the molecule is Cc1cccc(C)c1NC(=O)CSc1nc2ccc(NC(=O)CSc3nnc(Cc4cccc5ccccc45)n3C)cc2s1. The molecule has 2 amide bonds. The molecule has 6 aromatic rings. The molecular formula is C33H30N6O2S3. The first-order chi connectivity index (χ1) is 21.3. The van der Waals surface area contributed by atoms with Crippen molar-refractivity contribution >= 4 is 79.0 Å². The second kappa shape index (κ2) is 13.2. The fourth-order valence-corrected chi connectivity index (χ4v) is 7.56. The Hall–Kier alpha value is -4.19. The van der Waals surface area contributed by atoms with Gasteiger partial charge in [0.1, 0.15) is 5.82 Å². The molecule has 0 atom stereocenters. The minimum absolute atomic E-state index is 0.0688. The molecule has 44 heavy (non-hydrogen) atoms. The summed E-state index contributed by atoms with van der Waals surface area (Å²) < 4.78 is 3.70. The maximum atomic E-state index is 12.8. The van der Waals surface area contributed by atoms with Crippen molar-refractivity contribution in [3.8, 4) is 0 Å². The van der Waals surface area contributed by atoms with Gasteiger partial charge in [-0.3, -0.25) is 9.59 Å². The van der Waals surface area contributed by atoms with Gasteiger partial charge in [0.15, 0.2) is 9.50 Å². The highest BCUT2D eigenvalue weighted by atomic mass is 32.2. The van der Waals surface area contributed by atoms with Crippen molar-refractivity contribution in [2.24, 2.45) is 7.05 Å². The Morgan fingerprint density at radius 2 is 1.57 bits per heavy atom. The van der Waals surface area contributed by atoms with E-state index in [4.69, 9.17) is 0 Å². The lowest BCUT2D eigenvalue weighted by Gasteiger charge is -2.10. The molecule has 0 saturated carbocycles. The minimum Gasteiger partial charge on any atom is -0.325 e. The lowest BCUT2D eigenvalue weighted by atomic mass is 10.0. The lowest BCUT2D eigenvalue weighted by molar-refractivity contribution is -0.114. The lowest BCUT2D eigenvalue weighted by Crippen LogP contribution is -2.15. The fraction of sp³-hybridized carbons (Fsp3) is 0.182. The van der Waals surface area contributed by atoms with Crippen LogP contribution in [0.5, 0.6) is 0 Å². The molecule has 0 spiro atoms. The van der Waals surface area contributed by atoms with E-state index in [2.05, 4.69) is 56.1 Å². The van der Waals surface area contributed by atoms with E-state index in [1.165, 1.54) is 51.2 Å². The number of nitrogens with zero attached hydrogens (tertiary/aromatic N) is 4. The monoisotopic (exact) mass is 638 g/mol. The van der Waals surface area contributed by atoms with Gasteiger partial charge in [-0.1, -0.05) is 84.2 Å². The number of carbonyl (C=O) groups excluding carboxylic acids is 2. The minimum atomic E-state index is -0.129. The van der Waals surface area contributed by atoms with Gasteiger partial charge < -0.3 is 15.2 Å². The van der Waals surface area contributed by atoms with E-state index in [-0.39, 0.29) is 23.3 Å². The summed E-state index contributed by atoms with van der Waals surface area (Å²) in [6.45, 7) is 3.97. The smallest absolute Gasteiger partial charge is 0.234 e. The topological polar surface area (TPSA) is 102 Å². The highest BCUT2D eigenvalue weighted by molar-refractivity contribution is 8.01. The van der Waals surface area contributed by atoms with Gasteiger partial charge in [0, 0.05) is 24.8 Å². The highest BCUT2D eigenvalue weighted by Crippen LogP contribution is 2.32. The molecule has 0 bridgehead atoms. The number of aryl methyl sites for hydroxylation is 2. The molecule has 0 aliphatic heterocycles. The Balaban J connectivity index is 1.03. The van der Waals surface area contributed by atoms with E-state index in [0.29, 0.717) is 17.3 Å². The molecule has 6 rings (SSSR count). The molecule has 0 aliphatic carbocycles. The zero-order chi connectivity index (χ0) is 30.6. The first-order valence-electron chi connectivity index (χ1n) is 14.0. The molecule has 11 heteroatoms. The van der Waals surface area contributed by atoms with Gasteiger partial charge in [-0.2, -0.15) is 0 Å². The van der Waals surface area contributed by atoms with Crippen molar-refractivity contribution < 1.29 is 9.59 Å². The number of hydrogen-bond acceptors (Lipinski definition) is 8. The molecule has 2 N–H and O–H groups in total. The summed E-state index contributed by atoms with van der Waals surface area (Å²) in [5.74, 6) is 1.12. The quantitative estimate of drug-likeness (QED) is 0.153. The van der Waals surface area contributed by atoms with E-state index in [0.717, 1.165) is 37.2 Å². The van der Waals surface area contributed by atoms with Gasteiger partial charge in [-0.25, -0.2) is 4.98 Å². The Kier molecular flexibility index (Phi) is 8.96. The zero-order valence-electron chi connectivity index (χ0n) is 24.5. The maximum absolute atomic E-state index is 12.8. The summed E-state index contributed by atoms with van der Waals surface area (Å²) in [4.78, 5) is 30.0. The number of thioether (sulfide) groups is 2. The van der Waals surface area contributed by atoms with Crippen molar-refractivity contribution in [2.75, 3.05) is 22.1 Å². The van der Waals surface area contributed by atoms with Crippen LogP contribution < -0.4 is 10.6 Å². The Morgan fingerprint density at radius 3 is 2.41 bits per heavy atom. The van der Waals surface area contributed by atoms with Crippen LogP contribution >= 0.6 is 34.9 Å². The van der Waals surface area contributed by atoms with Crippen LogP contribution in [0.1, 0.15) is 22.5 Å². The van der Waals surface area contributed by atoms with Crippen molar-refractivity contribution in [1.29, 1.82) is 0 Å².